The second kappa shape index (κ2) is 5.04. The van der Waals surface area contributed by atoms with E-state index in [0.717, 1.165) is 22.7 Å². The average molecular weight is 244 g/mol. The second-order valence-corrected chi connectivity index (χ2v) is 4.07. The van der Waals surface area contributed by atoms with Crippen molar-refractivity contribution in [1.82, 2.24) is 9.97 Å². The Labute approximate surface area is 106 Å². The molecule has 0 fully saturated rings. The van der Waals surface area contributed by atoms with Gasteiger partial charge in [-0.3, -0.25) is 4.79 Å². The number of carbonyl (C=O) groups is 1. The summed E-state index contributed by atoms with van der Waals surface area (Å²) in [5.41, 5.74) is 2.67. The number of aromatic nitrogens is 2. The number of carbonyl (C=O) groups excluding carboxylic acids is 1. The van der Waals surface area contributed by atoms with E-state index in [4.69, 9.17) is 4.74 Å². The standard InChI is InChI=1S/C14H16N2O2/c1-4-18-12-7-5-11(6-8-12)13-9(2)15-14(16-13)10(3)17/h5-8H,4H2,1-3H3,(H,15,16). The van der Waals surface area contributed by atoms with Crippen molar-refractivity contribution in [2.24, 2.45) is 0 Å². The first kappa shape index (κ1) is 12.4. The van der Waals surface area contributed by atoms with Gasteiger partial charge in [0, 0.05) is 18.2 Å². The summed E-state index contributed by atoms with van der Waals surface area (Å²) < 4.78 is 5.39. The van der Waals surface area contributed by atoms with Gasteiger partial charge in [-0.15, -0.1) is 0 Å². The SMILES string of the molecule is CCOc1ccc(-c2nc(C(C)=O)[nH]c2C)cc1. The number of H-pyrrole nitrogens is 1. The highest BCUT2D eigenvalue weighted by molar-refractivity contribution is 5.91. The smallest absolute Gasteiger partial charge is 0.195 e. The van der Waals surface area contributed by atoms with Gasteiger partial charge in [-0.2, -0.15) is 0 Å². The van der Waals surface area contributed by atoms with E-state index in [1.54, 1.807) is 0 Å². The number of Topliss-reactive ketones (excluding diaryl/α,β-unsaturated/α-hetero) is 1. The molecular weight excluding hydrogens is 228 g/mol. The molecule has 0 aliphatic carbocycles. The Morgan fingerprint density at radius 2 is 2.00 bits per heavy atom. The number of benzene rings is 1. The highest BCUT2D eigenvalue weighted by Gasteiger charge is 2.11. The van der Waals surface area contributed by atoms with Gasteiger partial charge in [0.2, 0.25) is 0 Å². The summed E-state index contributed by atoms with van der Waals surface area (Å²) >= 11 is 0. The Kier molecular flexibility index (Phi) is 3.46. The molecule has 18 heavy (non-hydrogen) atoms. The quantitative estimate of drug-likeness (QED) is 0.841. The van der Waals surface area contributed by atoms with Crippen LogP contribution in [0.25, 0.3) is 11.3 Å². The first-order valence-corrected chi connectivity index (χ1v) is 5.92. The molecule has 1 aromatic heterocycles. The predicted molar refractivity (Wildman–Crippen MR) is 69.9 cm³/mol. The van der Waals surface area contributed by atoms with E-state index in [2.05, 4.69) is 9.97 Å². The molecule has 0 amide bonds. The fraction of sp³-hybridized carbons (Fsp3) is 0.286. The summed E-state index contributed by atoms with van der Waals surface area (Å²) in [7, 11) is 0. The zero-order valence-corrected chi connectivity index (χ0v) is 10.8. The minimum atomic E-state index is -0.0599. The zero-order chi connectivity index (χ0) is 13.1. The van der Waals surface area contributed by atoms with Gasteiger partial charge in [-0.05, 0) is 38.1 Å². The number of hydrogen-bond donors (Lipinski definition) is 1. The Morgan fingerprint density at radius 1 is 1.33 bits per heavy atom. The molecule has 1 heterocycles. The Balaban J connectivity index is 2.33. The molecule has 0 bridgehead atoms. The van der Waals surface area contributed by atoms with E-state index in [1.165, 1.54) is 6.92 Å². The van der Waals surface area contributed by atoms with E-state index < -0.39 is 0 Å². The number of aryl methyl sites for hydroxylation is 1. The molecule has 1 aromatic carbocycles. The minimum Gasteiger partial charge on any atom is -0.494 e. The van der Waals surface area contributed by atoms with Crippen LogP contribution in [0.3, 0.4) is 0 Å². The molecule has 4 nitrogen and oxygen atoms in total. The van der Waals surface area contributed by atoms with Crippen LogP contribution in [-0.2, 0) is 0 Å². The molecule has 0 aliphatic heterocycles. The fourth-order valence-electron chi connectivity index (χ4n) is 1.78. The number of imidazole rings is 1. The van der Waals surface area contributed by atoms with Crippen LogP contribution in [-0.4, -0.2) is 22.4 Å². The third-order valence-electron chi connectivity index (χ3n) is 2.66. The predicted octanol–water partition coefficient (Wildman–Crippen LogP) is 2.99. The summed E-state index contributed by atoms with van der Waals surface area (Å²) in [4.78, 5) is 18.6. The molecule has 0 aliphatic rings. The topological polar surface area (TPSA) is 55.0 Å². The fourth-order valence-corrected chi connectivity index (χ4v) is 1.78. The van der Waals surface area contributed by atoms with Crippen LogP contribution >= 0.6 is 0 Å². The maximum atomic E-state index is 11.3. The summed E-state index contributed by atoms with van der Waals surface area (Å²) in [6.07, 6.45) is 0. The van der Waals surface area contributed by atoms with Crippen molar-refractivity contribution in [3.8, 4) is 17.0 Å². The molecule has 0 unspecified atom stereocenters. The molecule has 0 saturated heterocycles. The summed E-state index contributed by atoms with van der Waals surface area (Å²) in [6, 6.07) is 7.69. The Morgan fingerprint density at radius 3 is 2.50 bits per heavy atom. The maximum Gasteiger partial charge on any atom is 0.195 e. The normalized spacial score (nSPS) is 10.4. The lowest BCUT2D eigenvalue weighted by atomic mass is 10.1. The van der Waals surface area contributed by atoms with Crippen LogP contribution in [0.4, 0.5) is 0 Å². The van der Waals surface area contributed by atoms with Crippen molar-refractivity contribution < 1.29 is 9.53 Å². The van der Waals surface area contributed by atoms with Gasteiger partial charge >= 0.3 is 0 Å². The first-order valence-electron chi connectivity index (χ1n) is 5.92. The van der Waals surface area contributed by atoms with Crippen LogP contribution in [0.15, 0.2) is 24.3 Å². The second-order valence-electron chi connectivity index (χ2n) is 4.07. The molecule has 94 valence electrons. The van der Waals surface area contributed by atoms with E-state index >= 15 is 0 Å². The molecule has 2 rings (SSSR count). The highest BCUT2D eigenvalue weighted by Crippen LogP contribution is 2.23. The van der Waals surface area contributed by atoms with Gasteiger partial charge in [-0.25, -0.2) is 4.98 Å². The summed E-state index contributed by atoms with van der Waals surface area (Å²) in [5, 5.41) is 0. The number of ether oxygens (including phenoxy) is 1. The molecule has 0 saturated carbocycles. The van der Waals surface area contributed by atoms with Gasteiger partial charge in [-0.1, -0.05) is 0 Å². The monoisotopic (exact) mass is 244 g/mol. The van der Waals surface area contributed by atoms with Crippen LogP contribution in [0.5, 0.6) is 5.75 Å². The molecule has 0 atom stereocenters. The molecule has 0 spiro atoms. The van der Waals surface area contributed by atoms with Gasteiger partial charge in [0.1, 0.15) is 5.75 Å². The van der Waals surface area contributed by atoms with Crippen molar-refractivity contribution in [2.75, 3.05) is 6.61 Å². The summed E-state index contributed by atoms with van der Waals surface area (Å²) in [6.45, 7) is 6.01. The number of rotatable bonds is 4. The van der Waals surface area contributed by atoms with E-state index in [9.17, 15) is 4.79 Å². The average Bonchev–Trinajstić information content (AvgIpc) is 2.73. The molecule has 1 N–H and O–H groups in total. The molecule has 4 heteroatoms. The largest absolute Gasteiger partial charge is 0.494 e. The third-order valence-corrected chi connectivity index (χ3v) is 2.66. The molecule has 2 aromatic rings. The number of ketones is 1. The van der Waals surface area contributed by atoms with Gasteiger partial charge < -0.3 is 9.72 Å². The minimum absolute atomic E-state index is 0.0599. The number of hydrogen-bond acceptors (Lipinski definition) is 3. The molecule has 0 radical (unpaired) electrons. The van der Waals surface area contributed by atoms with E-state index in [1.807, 2.05) is 38.1 Å². The lowest BCUT2D eigenvalue weighted by Gasteiger charge is -2.03. The van der Waals surface area contributed by atoms with Crippen LogP contribution < -0.4 is 4.74 Å². The van der Waals surface area contributed by atoms with E-state index in [-0.39, 0.29) is 5.78 Å². The Bertz CT molecular complexity index is 556. The number of nitrogens with zero attached hydrogens (tertiary/aromatic N) is 1. The lowest BCUT2D eigenvalue weighted by Crippen LogP contribution is -1.94. The van der Waals surface area contributed by atoms with Gasteiger partial charge in [0.15, 0.2) is 11.6 Å². The lowest BCUT2D eigenvalue weighted by molar-refractivity contribution is 0.100. The van der Waals surface area contributed by atoms with Crippen LogP contribution in [0.2, 0.25) is 0 Å². The summed E-state index contributed by atoms with van der Waals surface area (Å²) in [5.74, 6) is 1.17. The molecular formula is C14H16N2O2. The highest BCUT2D eigenvalue weighted by atomic mass is 16.5. The first-order chi connectivity index (χ1) is 8.61. The van der Waals surface area contributed by atoms with E-state index in [0.29, 0.717) is 12.4 Å². The van der Waals surface area contributed by atoms with Crippen molar-refractivity contribution >= 4 is 5.78 Å². The Hall–Kier alpha value is -2.10. The number of nitrogens with one attached hydrogen (secondary N) is 1. The number of aromatic amines is 1. The van der Waals surface area contributed by atoms with Crippen molar-refractivity contribution in [3.05, 3.63) is 35.8 Å². The van der Waals surface area contributed by atoms with Gasteiger partial charge in [0.25, 0.3) is 0 Å². The van der Waals surface area contributed by atoms with Crippen molar-refractivity contribution in [1.29, 1.82) is 0 Å². The third kappa shape index (κ3) is 2.42. The zero-order valence-electron chi connectivity index (χ0n) is 10.8. The maximum absolute atomic E-state index is 11.3. The van der Waals surface area contributed by atoms with Crippen molar-refractivity contribution in [2.45, 2.75) is 20.8 Å². The van der Waals surface area contributed by atoms with Crippen LogP contribution in [0, 0.1) is 6.92 Å². The van der Waals surface area contributed by atoms with Crippen molar-refractivity contribution in [3.63, 3.8) is 0 Å². The van der Waals surface area contributed by atoms with Gasteiger partial charge in [0.05, 0.1) is 12.3 Å². The van der Waals surface area contributed by atoms with Crippen LogP contribution in [0.1, 0.15) is 30.2 Å².